The molecule has 1 aromatic carbocycles. The number of nitrogens with zero attached hydrogens (tertiary/aromatic N) is 1. The number of piperidine rings is 1. The van der Waals surface area contributed by atoms with Crippen LogP contribution in [0.25, 0.3) is 0 Å². The molecule has 3 rings (SSSR count). The van der Waals surface area contributed by atoms with Gasteiger partial charge in [-0.3, -0.25) is 4.90 Å². The van der Waals surface area contributed by atoms with Gasteiger partial charge >= 0.3 is 0 Å². The molecule has 19 heavy (non-hydrogen) atoms. The molecule has 4 atom stereocenters. The zero-order valence-electron chi connectivity index (χ0n) is 12.2. The Labute approximate surface area is 117 Å². The molecule has 0 bridgehead atoms. The highest BCUT2D eigenvalue weighted by molar-refractivity contribution is 5.33. The summed E-state index contributed by atoms with van der Waals surface area (Å²) in [5, 5.41) is 0. The van der Waals surface area contributed by atoms with Gasteiger partial charge in [0.15, 0.2) is 0 Å². The van der Waals surface area contributed by atoms with Crippen molar-refractivity contribution in [1.29, 1.82) is 0 Å². The summed E-state index contributed by atoms with van der Waals surface area (Å²) in [6.07, 6.45) is 3.74. The molecule has 2 N–H and O–H groups in total. The summed E-state index contributed by atoms with van der Waals surface area (Å²) in [6, 6.07) is 9.47. The standard InChI is InChI=1S/C17H26N2/c1-12-9-10-19(11-13(12)2)16-8-7-14-5-3-4-6-15(14)17(16)18/h3-6,12-13,16-17H,7-11,18H2,1-2H3. The summed E-state index contributed by atoms with van der Waals surface area (Å²) < 4.78 is 0. The van der Waals surface area contributed by atoms with E-state index in [2.05, 4.69) is 43.0 Å². The molecule has 1 saturated heterocycles. The molecule has 0 aromatic heterocycles. The number of rotatable bonds is 1. The summed E-state index contributed by atoms with van der Waals surface area (Å²) in [5.74, 6) is 1.67. The van der Waals surface area contributed by atoms with Gasteiger partial charge < -0.3 is 5.73 Å². The lowest BCUT2D eigenvalue weighted by Gasteiger charge is -2.44. The van der Waals surface area contributed by atoms with E-state index in [4.69, 9.17) is 5.73 Å². The second-order valence-corrected chi connectivity index (χ2v) is 6.57. The van der Waals surface area contributed by atoms with Gasteiger partial charge in [-0.15, -0.1) is 0 Å². The van der Waals surface area contributed by atoms with Crippen LogP contribution in [0.3, 0.4) is 0 Å². The van der Waals surface area contributed by atoms with Crippen LogP contribution in [-0.2, 0) is 6.42 Å². The van der Waals surface area contributed by atoms with Crippen molar-refractivity contribution in [1.82, 2.24) is 4.90 Å². The van der Waals surface area contributed by atoms with Crippen molar-refractivity contribution in [3.63, 3.8) is 0 Å². The molecule has 1 fully saturated rings. The molecule has 2 nitrogen and oxygen atoms in total. The zero-order chi connectivity index (χ0) is 13.4. The van der Waals surface area contributed by atoms with Crippen LogP contribution in [0.5, 0.6) is 0 Å². The van der Waals surface area contributed by atoms with E-state index in [1.54, 1.807) is 0 Å². The number of hydrogen-bond donors (Lipinski definition) is 1. The van der Waals surface area contributed by atoms with E-state index in [0.717, 1.165) is 11.8 Å². The van der Waals surface area contributed by atoms with Gasteiger partial charge in [0.1, 0.15) is 0 Å². The van der Waals surface area contributed by atoms with Crippen molar-refractivity contribution < 1.29 is 0 Å². The summed E-state index contributed by atoms with van der Waals surface area (Å²) in [4.78, 5) is 2.66. The Balaban J connectivity index is 1.77. The predicted octanol–water partition coefficient (Wildman–Crippen LogP) is 2.98. The highest BCUT2D eigenvalue weighted by atomic mass is 15.2. The minimum Gasteiger partial charge on any atom is -0.323 e. The van der Waals surface area contributed by atoms with Gasteiger partial charge in [0.2, 0.25) is 0 Å². The van der Waals surface area contributed by atoms with Gasteiger partial charge in [-0.25, -0.2) is 0 Å². The molecule has 0 amide bonds. The van der Waals surface area contributed by atoms with Crippen LogP contribution >= 0.6 is 0 Å². The fraction of sp³-hybridized carbons (Fsp3) is 0.647. The van der Waals surface area contributed by atoms with Gasteiger partial charge in [0.25, 0.3) is 0 Å². The molecule has 0 saturated carbocycles. The Morgan fingerprint density at radius 2 is 1.89 bits per heavy atom. The van der Waals surface area contributed by atoms with E-state index in [1.165, 1.54) is 43.5 Å². The minimum absolute atomic E-state index is 0.200. The molecule has 1 aliphatic carbocycles. The zero-order valence-corrected chi connectivity index (χ0v) is 12.2. The number of benzene rings is 1. The SMILES string of the molecule is CC1CCN(C2CCc3ccccc3C2N)CC1C. The number of nitrogens with two attached hydrogens (primary N) is 1. The smallest absolute Gasteiger partial charge is 0.0455 e. The lowest BCUT2D eigenvalue weighted by molar-refractivity contribution is 0.0749. The van der Waals surface area contributed by atoms with Crippen molar-refractivity contribution in [3.05, 3.63) is 35.4 Å². The Morgan fingerprint density at radius 1 is 1.11 bits per heavy atom. The summed E-state index contributed by atoms with van der Waals surface area (Å²) in [7, 11) is 0. The summed E-state index contributed by atoms with van der Waals surface area (Å²) in [5.41, 5.74) is 9.40. The van der Waals surface area contributed by atoms with Crippen molar-refractivity contribution in [2.24, 2.45) is 17.6 Å². The van der Waals surface area contributed by atoms with E-state index in [-0.39, 0.29) is 6.04 Å². The number of likely N-dealkylation sites (tertiary alicyclic amines) is 1. The third kappa shape index (κ3) is 2.44. The van der Waals surface area contributed by atoms with Crippen molar-refractivity contribution in [2.75, 3.05) is 13.1 Å². The average Bonchev–Trinajstić information content (AvgIpc) is 2.43. The third-order valence-electron chi connectivity index (χ3n) is 5.37. The molecule has 1 aliphatic heterocycles. The van der Waals surface area contributed by atoms with Gasteiger partial charge in [-0.2, -0.15) is 0 Å². The maximum atomic E-state index is 6.56. The van der Waals surface area contributed by atoms with Crippen LogP contribution in [0.2, 0.25) is 0 Å². The number of aryl methyl sites for hydroxylation is 1. The predicted molar refractivity (Wildman–Crippen MR) is 80.0 cm³/mol. The molecular formula is C17H26N2. The van der Waals surface area contributed by atoms with Gasteiger partial charge in [-0.05, 0) is 48.8 Å². The quantitative estimate of drug-likeness (QED) is 0.839. The van der Waals surface area contributed by atoms with Crippen molar-refractivity contribution >= 4 is 0 Å². The molecule has 2 heteroatoms. The second kappa shape index (κ2) is 5.26. The lowest BCUT2D eigenvalue weighted by atomic mass is 9.81. The van der Waals surface area contributed by atoms with E-state index in [1.807, 2.05) is 0 Å². The topological polar surface area (TPSA) is 29.3 Å². The average molecular weight is 258 g/mol. The molecule has 1 heterocycles. The molecule has 0 radical (unpaired) electrons. The first-order valence-electron chi connectivity index (χ1n) is 7.74. The first-order valence-corrected chi connectivity index (χ1v) is 7.74. The van der Waals surface area contributed by atoms with E-state index in [0.29, 0.717) is 6.04 Å². The molecule has 4 unspecified atom stereocenters. The van der Waals surface area contributed by atoms with Gasteiger partial charge in [0.05, 0.1) is 0 Å². The van der Waals surface area contributed by atoms with Crippen LogP contribution in [0.15, 0.2) is 24.3 Å². The largest absolute Gasteiger partial charge is 0.323 e. The van der Waals surface area contributed by atoms with Crippen LogP contribution in [0.4, 0.5) is 0 Å². The van der Waals surface area contributed by atoms with Crippen LogP contribution in [-0.4, -0.2) is 24.0 Å². The van der Waals surface area contributed by atoms with Crippen LogP contribution in [0.1, 0.15) is 43.9 Å². The van der Waals surface area contributed by atoms with Crippen LogP contribution in [0, 0.1) is 11.8 Å². The second-order valence-electron chi connectivity index (χ2n) is 6.57. The number of hydrogen-bond acceptors (Lipinski definition) is 2. The third-order valence-corrected chi connectivity index (χ3v) is 5.37. The highest BCUT2D eigenvalue weighted by Crippen LogP contribution is 2.34. The Bertz CT molecular complexity index is 443. The molecule has 2 aliphatic rings. The van der Waals surface area contributed by atoms with Gasteiger partial charge in [0, 0.05) is 18.6 Å². The van der Waals surface area contributed by atoms with E-state index < -0.39 is 0 Å². The molecule has 0 spiro atoms. The minimum atomic E-state index is 0.200. The normalized spacial score (nSPS) is 35.9. The Kier molecular flexibility index (Phi) is 3.64. The van der Waals surface area contributed by atoms with Crippen molar-refractivity contribution in [2.45, 2.75) is 45.2 Å². The Hall–Kier alpha value is -0.860. The summed E-state index contributed by atoms with van der Waals surface area (Å²) >= 11 is 0. The maximum Gasteiger partial charge on any atom is 0.0455 e. The monoisotopic (exact) mass is 258 g/mol. The Morgan fingerprint density at radius 3 is 2.68 bits per heavy atom. The maximum absolute atomic E-state index is 6.56. The molecule has 104 valence electrons. The lowest BCUT2D eigenvalue weighted by Crippen LogP contribution is -2.50. The van der Waals surface area contributed by atoms with E-state index in [9.17, 15) is 0 Å². The first kappa shape index (κ1) is 13.1. The van der Waals surface area contributed by atoms with E-state index >= 15 is 0 Å². The van der Waals surface area contributed by atoms with Gasteiger partial charge in [-0.1, -0.05) is 38.1 Å². The molecule has 1 aromatic rings. The summed E-state index contributed by atoms with van der Waals surface area (Å²) in [6.45, 7) is 7.23. The first-order chi connectivity index (χ1) is 9.16. The number of fused-ring (bicyclic) bond motifs is 1. The fourth-order valence-corrected chi connectivity index (χ4v) is 3.78. The molecular weight excluding hydrogens is 232 g/mol. The fourth-order valence-electron chi connectivity index (χ4n) is 3.78. The highest BCUT2D eigenvalue weighted by Gasteiger charge is 2.34. The van der Waals surface area contributed by atoms with Crippen molar-refractivity contribution in [3.8, 4) is 0 Å². The van der Waals surface area contributed by atoms with Crippen LogP contribution < -0.4 is 5.73 Å².